The quantitative estimate of drug-likeness (QED) is 0.408. The molecule has 5 nitrogen and oxygen atoms in total. The van der Waals surface area contributed by atoms with Crippen molar-refractivity contribution in [3.8, 4) is 0 Å². The lowest BCUT2D eigenvalue weighted by molar-refractivity contribution is -0.403. The Morgan fingerprint density at radius 3 is 2.43 bits per heavy atom. The van der Waals surface area contributed by atoms with E-state index in [0.717, 1.165) is 19.0 Å². The first kappa shape index (κ1) is 10.8. The summed E-state index contributed by atoms with van der Waals surface area (Å²) in [4.78, 5) is 9.60. The maximum atomic E-state index is 10.1. The molecule has 0 aromatic heterocycles. The highest BCUT2D eigenvalue weighted by atomic mass is 16.6. The minimum Gasteiger partial charge on any atom is -0.380 e. The van der Waals surface area contributed by atoms with Gasteiger partial charge < -0.3 is 11.1 Å². The normalized spacial score (nSPS) is 20.1. The van der Waals surface area contributed by atoms with Gasteiger partial charge in [-0.15, -0.1) is 0 Å². The number of nitrogens with zero attached hydrogens (tertiary/aromatic N) is 1. The zero-order valence-corrected chi connectivity index (χ0v) is 8.24. The van der Waals surface area contributed by atoms with Gasteiger partial charge in [-0.1, -0.05) is 25.7 Å². The van der Waals surface area contributed by atoms with Crippen LogP contribution in [-0.2, 0) is 0 Å². The Kier molecular flexibility index (Phi) is 4.22. The lowest BCUT2D eigenvalue weighted by Crippen LogP contribution is -2.32. The highest BCUT2D eigenvalue weighted by Gasteiger charge is 2.12. The third-order valence-electron chi connectivity index (χ3n) is 2.47. The summed E-state index contributed by atoms with van der Waals surface area (Å²) in [5.41, 5.74) is 5.46. The van der Waals surface area contributed by atoms with E-state index in [1.807, 2.05) is 0 Å². The van der Waals surface area contributed by atoms with Crippen molar-refractivity contribution in [1.82, 2.24) is 5.32 Å². The van der Waals surface area contributed by atoms with E-state index >= 15 is 0 Å². The maximum Gasteiger partial charge on any atom is 0.273 e. The molecular weight excluding hydrogens is 182 g/mol. The van der Waals surface area contributed by atoms with Gasteiger partial charge in [0.05, 0.1) is 4.92 Å². The highest BCUT2D eigenvalue weighted by Crippen LogP contribution is 2.17. The van der Waals surface area contributed by atoms with Crippen LogP contribution in [0, 0.1) is 10.1 Å². The van der Waals surface area contributed by atoms with Gasteiger partial charge in [0.1, 0.15) is 0 Å². The fraction of sp³-hybridized carbons (Fsp3) is 0.778. The minimum atomic E-state index is -0.529. The summed E-state index contributed by atoms with van der Waals surface area (Å²) in [6.45, 7) is 0. The molecule has 0 radical (unpaired) electrons. The Morgan fingerprint density at radius 1 is 1.36 bits per heavy atom. The van der Waals surface area contributed by atoms with E-state index in [2.05, 4.69) is 5.32 Å². The van der Waals surface area contributed by atoms with Crippen LogP contribution < -0.4 is 11.1 Å². The lowest BCUT2D eigenvalue weighted by Gasteiger charge is -2.15. The molecule has 1 saturated carbocycles. The van der Waals surface area contributed by atoms with Crippen LogP contribution in [0.15, 0.2) is 12.0 Å². The number of nitrogens with two attached hydrogens (primary N) is 1. The van der Waals surface area contributed by atoms with Crippen LogP contribution in [0.2, 0.25) is 0 Å². The smallest absolute Gasteiger partial charge is 0.273 e. The SMILES string of the molecule is N/C(=C\[N+](=O)[O-])NC1CCCCCC1. The van der Waals surface area contributed by atoms with Crippen molar-refractivity contribution in [3.63, 3.8) is 0 Å². The molecule has 0 unspecified atom stereocenters. The summed E-state index contributed by atoms with van der Waals surface area (Å²) in [5.74, 6) is 0.168. The van der Waals surface area contributed by atoms with E-state index in [0.29, 0.717) is 6.04 Å². The summed E-state index contributed by atoms with van der Waals surface area (Å²) in [6.07, 6.45) is 7.84. The highest BCUT2D eigenvalue weighted by molar-refractivity contribution is 4.91. The monoisotopic (exact) mass is 199 g/mol. The molecule has 1 aliphatic carbocycles. The van der Waals surface area contributed by atoms with Crippen LogP contribution in [0.4, 0.5) is 0 Å². The molecule has 0 aliphatic heterocycles. The average Bonchev–Trinajstić information content (AvgIpc) is 2.31. The molecule has 0 spiro atoms. The second-order valence-corrected chi connectivity index (χ2v) is 3.70. The zero-order chi connectivity index (χ0) is 10.4. The summed E-state index contributed by atoms with van der Waals surface area (Å²) in [7, 11) is 0. The number of hydrogen-bond acceptors (Lipinski definition) is 4. The molecule has 0 saturated heterocycles. The first-order valence-corrected chi connectivity index (χ1v) is 5.06. The van der Waals surface area contributed by atoms with Gasteiger partial charge in [-0.05, 0) is 12.8 Å². The lowest BCUT2D eigenvalue weighted by atomic mass is 10.1. The van der Waals surface area contributed by atoms with E-state index in [9.17, 15) is 10.1 Å². The van der Waals surface area contributed by atoms with Crippen molar-refractivity contribution in [2.75, 3.05) is 0 Å². The van der Waals surface area contributed by atoms with E-state index in [4.69, 9.17) is 5.73 Å². The zero-order valence-electron chi connectivity index (χ0n) is 8.24. The molecular formula is C9H17N3O2. The molecule has 1 aliphatic rings. The first-order chi connectivity index (χ1) is 6.68. The van der Waals surface area contributed by atoms with E-state index < -0.39 is 4.92 Å². The predicted molar refractivity (Wildman–Crippen MR) is 53.9 cm³/mol. The third-order valence-corrected chi connectivity index (χ3v) is 2.47. The summed E-state index contributed by atoms with van der Waals surface area (Å²) >= 11 is 0. The van der Waals surface area contributed by atoms with Crippen molar-refractivity contribution in [2.24, 2.45) is 5.73 Å². The van der Waals surface area contributed by atoms with Gasteiger partial charge in [-0.3, -0.25) is 10.1 Å². The summed E-state index contributed by atoms with van der Waals surface area (Å²) < 4.78 is 0. The molecule has 1 fully saturated rings. The standard InChI is InChI=1S/C9H17N3O2/c10-9(7-12(13)14)11-8-5-3-1-2-4-6-8/h7-8,11H,1-6,10H2/b9-7+. The fourth-order valence-electron chi connectivity index (χ4n) is 1.81. The Morgan fingerprint density at radius 2 is 1.93 bits per heavy atom. The molecule has 1 rings (SSSR count). The van der Waals surface area contributed by atoms with Crippen LogP contribution >= 0.6 is 0 Å². The van der Waals surface area contributed by atoms with Crippen molar-refractivity contribution in [1.29, 1.82) is 0 Å². The molecule has 0 aromatic rings. The molecule has 0 amide bonds. The van der Waals surface area contributed by atoms with E-state index in [1.165, 1.54) is 25.7 Å². The number of rotatable bonds is 3. The summed E-state index contributed by atoms with van der Waals surface area (Å²) in [5, 5.41) is 13.1. The second-order valence-electron chi connectivity index (χ2n) is 3.70. The number of nitrogens with one attached hydrogen (secondary N) is 1. The van der Waals surface area contributed by atoms with Crippen molar-refractivity contribution < 1.29 is 4.92 Å². The van der Waals surface area contributed by atoms with Gasteiger partial charge in [-0.25, -0.2) is 0 Å². The van der Waals surface area contributed by atoms with Crippen LogP contribution in [-0.4, -0.2) is 11.0 Å². The predicted octanol–water partition coefficient (Wildman–Crippen LogP) is 1.33. The second kappa shape index (κ2) is 5.47. The molecule has 5 heteroatoms. The average molecular weight is 199 g/mol. The molecule has 80 valence electrons. The third kappa shape index (κ3) is 4.11. The molecule has 0 aromatic carbocycles. The van der Waals surface area contributed by atoms with Crippen LogP contribution in [0.25, 0.3) is 0 Å². The Hall–Kier alpha value is -1.26. The van der Waals surface area contributed by atoms with Gasteiger partial charge in [-0.2, -0.15) is 0 Å². The van der Waals surface area contributed by atoms with Crippen LogP contribution in [0.3, 0.4) is 0 Å². The first-order valence-electron chi connectivity index (χ1n) is 5.06. The number of nitro groups is 1. The van der Waals surface area contributed by atoms with E-state index in [-0.39, 0.29) is 5.82 Å². The van der Waals surface area contributed by atoms with Crippen molar-refractivity contribution in [3.05, 3.63) is 22.1 Å². The summed E-state index contributed by atoms with van der Waals surface area (Å²) in [6, 6.07) is 0.314. The Bertz CT molecular complexity index is 220. The Labute approximate surface area is 83.5 Å². The number of hydrogen-bond donors (Lipinski definition) is 2. The molecule has 3 N–H and O–H groups in total. The fourth-order valence-corrected chi connectivity index (χ4v) is 1.81. The topological polar surface area (TPSA) is 81.2 Å². The maximum absolute atomic E-state index is 10.1. The molecule has 0 atom stereocenters. The van der Waals surface area contributed by atoms with Crippen LogP contribution in [0.5, 0.6) is 0 Å². The molecule has 0 heterocycles. The van der Waals surface area contributed by atoms with Gasteiger partial charge in [0.25, 0.3) is 6.20 Å². The van der Waals surface area contributed by atoms with Gasteiger partial charge in [0, 0.05) is 6.04 Å². The van der Waals surface area contributed by atoms with Crippen molar-refractivity contribution >= 4 is 0 Å². The van der Waals surface area contributed by atoms with Gasteiger partial charge in [0.15, 0.2) is 5.82 Å². The molecule has 14 heavy (non-hydrogen) atoms. The largest absolute Gasteiger partial charge is 0.380 e. The minimum absolute atomic E-state index is 0.168. The van der Waals surface area contributed by atoms with Crippen LogP contribution in [0.1, 0.15) is 38.5 Å². The van der Waals surface area contributed by atoms with Gasteiger partial charge in [0.2, 0.25) is 0 Å². The van der Waals surface area contributed by atoms with Crippen molar-refractivity contribution in [2.45, 2.75) is 44.6 Å². The van der Waals surface area contributed by atoms with E-state index in [1.54, 1.807) is 0 Å². The Balaban J connectivity index is 2.37. The van der Waals surface area contributed by atoms with Gasteiger partial charge >= 0.3 is 0 Å². The molecule has 0 bridgehead atoms.